The number of fused-ring (bicyclic) bond motifs is 1. The Hall–Kier alpha value is -3.80. The molecule has 0 aliphatic carbocycles. The molecule has 9 heteroatoms. The highest BCUT2D eigenvalue weighted by Gasteiger charge is 2.31. The first-order valence-electron chi connectivity index (χ1n) is 7.85. The molecule has 2 aromatic carbocycles. The zero-order valence-electron chi connectivity index (χ0n) is 14.0. The Bertz CT molecular complexity index is 1100. The van der Waals surface area contributed by atoms with Crippen LogP contribution in [0.25, 0.3) is 11.0 Å². The maximum absolute atomic E-state index is 12.7. The average Bonchev–Trinajstić information content (AvgIpc) is 3.03. The third-order valence-electron chi connectivity index (χ3n) is 3.72. The van der Waals surface area contributed by atoms with Gasteiger partial charge in [0.1, 0.15) is 17.3 Å². The first-order chi connectivity index (χ1) is 13.3. The number of ether oxygens (including phenoxy) is 1. The molecule has 3 aromatic rings. The number of carbonyl (C=O) groups excluding carboxylic acids is 2. The number of hydrogen-bond acceptors (Lipinski definition) is 5. The highest BCUT2D eigenvalue weighted by atomic mass is 19.4. The van der Waals surface area contributed by atoms with Gasteiger partial charge in [0.2, 0.25) is 5.76 Å². The molecular weight excluding hydrogens is 377 g/mol. The Morgan fingerprint density at radius 3 is 2.61 bits per heavy atom. The van der Waals surface area contributed by atoms with E-state index in [9.17, 15) is 22.8 Å². The number of carbonyl (C=O) groups is 2. The van der Waals surface area contributed by atoms with Gasteiger partial charge in [0, 0.05) is 5.39 Å². The molecule has 0 aliphatic heterocycles. The second-order valence-electron chi connectivity index (χ2n) is 5.62. The van der Waals surface area contributed by atoms with Gasteiger partial charge in [-0.2, -0.15) is 18.4 Å². The minimum absolute atomic E-state index is 0.123. The SMILES string of the molecule is N#Cc1oc2ccccc2c1NC(=O)COC(=O)c1cccc(C(F)(F)F)c1. The number of anilines is 1. The van der Waals surface area contributed by atoms with Crippen molar-refractivity contribution < 1.29 is 31.9 Å². The predicted octanol–water partition coefficient (Wildman–Crippen LogP) is 4.12. The number of nitriles is 1. The molecule has 0 spiro atoms. The number of alkyl halides is 3. The molecule has 0 atom stereocenters. The molecule has 1 aromatic heterocycles. The van der Waals surface area contributed by atoms with Crippen LogP contribution in [0, 0.1) is 11.3 Å². The van der Waals surface area contributed by atoms with Gasteiger partial charge in [-0.25, -0.2) is 4.79 Å². The lowest BCUT2D eigenvalue weighted by atomic mass is 10.1. The summed E-state index contributed by atoms with van der Waals surface area (Å²) in [7, 11) is 0. The number of esters is 1. The lowest BCUT2D eigenvalue weighted by molar-refractivity contribution is -0.137. The number of amides is 1. The fraction of sp³-hybridized carbons (Fsp3) is 0.105. The Labute approximate surface area is 156 Å². The summed E-state index contributed by atoms with van der Waals surface area (Å²) in [5, 5.41) is 12.0. The van der Waals surface area contributed by atoms with Crippen molar-refractivity contribution >= 4 is 28.5 Å². The third kappa shape index (κ3) is 3.96. The van der Waals surface area contributed by atoms with Gasteiger partial charge in [-0.1, -0.05) is 18.2 Å². The highest BCUT2D eigenvalue weighted by Crippen LogP contribution is 2.31. The standard InChI is InChI=1S/C19H11F3N2O4/c20-19(21,22)12-5-3-4-11(8-12)18(26)27-10-16(25)24-17-13-6-1-2-7-14(13)28-15(17)9-23/h1-8H,10H2,(H,24,25). The summed E-state index contributed by atoms with van der Waals surface area (Å²) in [4.78, 5) is 24.0. The molecule has 0 radical (unpaired) electrons. The minimum atomic E-state index is -4.61. The molecule has 6 nitrogen and oxygen atoms in total. The van der Waals surface area contributed by atoms with Crippen LogP contribution in [0.1, 0.15) is 21.7 Å². The van der Waals surface area contributed by atoms with Gasteiger partial charge in [-0.15, -0.1) is 0 Å². The second-order valence-corrected chi connectivity index (χ2v) is 5.62. The number of furan rings is 1. The van der Waals surface area contributed by atoms with E-state index in [0.29, 0.717) is 17.0 Å². The maximum atomic E-state index is 12.7. The van der Waals surface area contributed by atoms with Crippen LogP contribution >= 0.6 is 0 Å². The van der Waals surface area contributed by atoms with E-state index in [1.165, 1.54) is 0 Å². The van der Waals surface area contributed by atoms with Gasteiger partial charge in [0.25, 0.3) is 5.91 Å². The van der Waals surface area contributed by atoms with E-state index in [1.807, 2.05) is 0 Å². The number of nitrogens with zero attached hydrogens (tertiary/aromatic N) is 1. The molecule has 0 saturated carbocycles. The van der Waals surface area contributed by atoms with Crippen LogP contribution in [-0.2, 0) is 15.7 Å². The van der Waals surface area contributed by atoms with Crippen LogP contribution in [0.4, 0.5) is 18.9 Å². The molecule has 1 N–H and O–H groups in total. The van der Waals surface area contributed by atoms with E-state index in [2.05, 4.69) is 5.32 Å². The smallest absolute Gasteiger partial charge is 0.416 e. The summed E-state index contributed by atoms with van der Waals surface area (Å²) in [6.07, 6.45) is -4.61. The summed E-state index contributed by atoms with van der Waals surface area (Å²) in [6, 6.07) is 12.1. The normalized spacial score (nSPS) is 11.1. The van der Waals surface area contributed by atoms with Gasteiger partial charge < -0.3 is 14.5 Å². The number of benzene rings is 2. The van der Waals surface area contributed by atoms with E-state index in [-0.39, 0.29) is 17.0 Å². The van der Waals surface area contributed by atoms with E-state index < -0.39 is 30.2 Å². The number of nitrogens with one attached hydrogen (secondary N) is 1. The number of halogens is 3. The van der Waals surface area contributed by atoms with Crippen LogP contribution in [0.2, 0.25) is 0 Å². The zero-order valence-corrected chi connectivity index (χ0v) is 14.0. The molecule has 28 heavy (non-hydrogen) atoms. The lowest BCUT2D eigenvalue weighted by Crippen LogP contribution is -2.21. The fourth-order valence-electron chi connectivity index (χ4n) is 2.46. The molecule has 0 unspecified atom stereocenters. The molecule has 0 bridgehead atoms. The summed E-state index contributed by atoms with van der Waals surface area (Å²) in [6.45, 7) is -0.751. The molecule has 0 aliphatic rings. The first kappa shape index (κ1) is 19.0. The van der Waals surface area contributed by atoms with Crippen LogP contribution in [-0.4, -0.2) is 18.5 Å². The molecule has 1 heterocycles. The molecule has 1 amide bonds. The van der Waals surface area contributed by atoms with Gasteiger partial charge >= 0.3 is 12.1 Å². The monoisotopic (exact) mass is 388 g/mol. The van der Waals surface area contributed by atoms with Crippen LogP contribution in [0.5, 0.6) is 0 Å². The number of hydrogen-bond donors (Lipinski definition) is 1. The summed E-state index contributed by atoms with van der Waals surface area (Å²) in [5.74, 6) is -1.99. The van der Waals surface area contributed by atoms with Crippen molar-refractivity contribution in [3.8, 4) is 6.07 Å². The minimum Gasteiger partial charge on any atom is -0.452 e. The van der Waals surface area contributed by atoms with Crippen molar-refractivity contribution in [3.63, 3.8) is 0 Å². The molecular formula is C19H11F3N2O4. The van der Waals surface area contributed by atoms with Crippen molar-refractivity contribution in [1.29, 1.82) is 5.26 Å². The van der Waals surface area contributed by atoms with Gasteiger partial charge in [-0.3, -0.25) is 4.79 Å². The van der Waals surface area contributed by atoms with Crippen LogP contribution < -0.4 is 5.32 Å². The summed E-state index contributed by atoms with van der Waals surface area (Å²) in [5.41, 5.74) is -0.836. The van der Waals surface area contributed by atoms with Gasteiger partial charge in [0.15, 0.2) is 6.61 Å². The van der Waals surface area contributed by atoms with E-state index in [1.54, 1.807) is 30.3 Å². The fourth-order valence-corrected chi connectivity index (χ4v) is 2.46. The summed E-state index contributed by atoms with van der Waals surface area (Å²) < 4.78 is 48.2. The maximum Gasteiger partial charge on any atom is 0.416 e. The Morgan fingerprint density at radius 2 is 1.89 bits per heavy atom. The Kier molecular flexibility index (Phi) is 5.04. The quantitative estimate of drug-likeness (QED) is 0.679. The first-order valence-corrected chi connectivity index (χ1v) is 7.85. The van der Waals surface area contributed by atoms with Crippen molar-refractivity contribution in [1.82, 2.24) is 0 Å². The molecule has 142 valence electrons. The molecule has 0 saturated heterocycles. The third-order valence-corrected chi connectivity index (χ3v) is 3.72. The van der Waals surface area contributed by atoms with Crippen molar-refractivity contribution in [2.45, 2.75) is 6.18 Å². The number of para-hydroxylation sites is 1. The summed E-state index contributed by atoms with van der Waals surface area (Å²) >= 11 is 0. The van der Waals surface area contributed by atoms with Crippen LogP contribution in [0.3, 0.4) is 0 Å². The predicted molar refractivity (Wildman–Crippen MR) is 91.3 cm³/mol. The van der Waals surface area contributed by atoms with E-state index in [0.717, 1.165) is 18.2 Å². The highest BCUT2D eigenvalue weighted by molar-refractivity contribution is 6.03. The van der Waals surface area contributed by atoms with Crippen molar-refractivity contribution in [3.05, 3.63) is 65.4 Å². The molecule has 0 fully saturated rings. The Balaban J connectivity index is 1.69. The van der Waals surface area contributed by atoms with Crippen LogP contribution in [0.15, 0.2) is 52.9 Å². The number of rotatable bonds is 4. The van der Waals surface area contributed by atoms with Gasteiger partial charge in [-0.05, 0) is 30.3 Å². The van der Waals surface area contributed by atoms with Gasteiger partial charge in [0.05, 0.1) is 11.1 Å². The van der Waals surface area contributed by atoms with E-state index in [4.69, 9.17) is 14.4 Å². The van der Waals surface area contributed by atoms with Crippen molar-refractivity contribution in [2.24, 2.45) is 0 Å². The topological polar surface area (TPSA) is 92.3 Å². The van der Waals surface area contributed by atoms with Crippen molar-refractivity contribution in [2.75, 3.05) is 11.9 Å². The molecule has 3 rings (SSSR count). The largest absolute Gasteiger partial charge is 0.452 e. The van der Waals surface area contributed by atoms with E-state index >= 15 is 0 Å². The average molecular weight is 388 g/mol. The lowest BCUT2D eigenvalue weighted by Gasteiger charge is -2.09. The Morgan fingerprint density at radius 1 is 1.14 bits per heavy atom. The zero-order chi connectivity index (χ0) is 20.3. The second kappa shape index (κ2) is 7.44.